The van der Waals surface area contributed by atoms with Gasteiger partial charge in [0, 0.05) is 21.7 Å². The van der Waals surface area contributed by atoms with E-state index in [0.717, 1.165) is 16.1 Å². The van der Waals surface area contributed by atoms with E-state index in [1.807, 2.05) is 66.9 Å². The quantitative estimate of drug-likeness (QED) is 0.391. The molecule has 5 nitrogen and oxygen atoms in total. The second kappa shape index (κ2) is 10.8. The fourth-order valence-corrected chi connectivity index (χ4v) is 4.17. The lowest BCUT2D eigenvalue weighted by atomic mass is 10.2. The zero-order chi connectivity index (χ0) is 20.5. The number of esters is 1. The van der Waals surface area contributed by atoms with E-state index in [0.29, 0.717) is 22.9 Å². The molecule has 3 rings (SSSR count). The molecule has 150 valence electrons. The average molecular weight is 427 g/mol. The van der Waals surface area contributed by atoms with Crippen LogP contribution in [0.2, 0.25) is 0 Å². The summed E-state index contributed by atoms with van der Waals surface area (Å²) in [5, 5.41) is 5.41. The Balaban J connectivity index is 1.39. The third-order valence-corrected chi connectivity index (χ3v) is 5.94. The SMILES string of the molecule is Cc1ccccc1NC(=O)Cc1nc(COC(=O)CCSc2ccccc2)cs1. The second-order valence-corrected chi connectivity index (χ2v) is 8.46. The molecule has 0 saturated carbocycles. The molecule has 0 aliphatic carbocycles. The van der Waals surface area contributed by atoms with Crippen molar-refractivity contribution in [3.63, 3.8) is 0 Å². The molecular formula is C22H22N2O3S2. The van der Waals surface area contributed by atoms with Crippen LogP contribution in [0.5, 0.6) is 0 Å². The zero-order valence-corrected chi connectivity index (χ0v) is 17.7. The van der Waals surface area contributed by atoms with Crippen molar-refractivity contribution in [1.29, 1.82) is 0 Å². The third-order valence-electron chi connectivity index (χ3n) is 4.03. The number of hydrogen-bond acceptors (Lipinski definition) is 6. The number of hydrogen-bond donors (Lipinski definition) is 1. The molecule has 0 aliphatic heterocycles. The van der Waals surface area contributed by atoms with Gasteiger partial charge in [0.1, 0.15) is 11.6 Å². The number of carbonyl (C=O) groups is 2. The first-order chi connectivity index (χ1) is 14.1. The Kier molecular flexibility index (Phi) is 7.84. The van der Waals surface area contributed by atoms with Gasteiger partial charge in [0.05, 0.1) is 18.5 Å². The standard InChI is InChI=1S/C22H22N2O3S2/c1-16-7-5-6-10-19(16)24-20(25)13-21-23-17(15-29-21)14-27-22(26)11-12-28-18-8-3-2-4-9-18/h2-10,15H,11-14H2,1H3,(H,24,25). The molecule has 0 fully saturated rings. The Morgan fingerprint density at radius 2 is 1.86 bits per heavy atom. The fourth-order valence-electron chi connectivity index (χ4n) is 2.54. The molecule has 0 saturated heterocycles. The van der Waals surface area contributed by atoms with Gasteiger partial charge in [-0.3, -0.25) is 9.59 Å². The molecule has 0 radical (unpaired) electrons. The smallest absolute Gasteiger partial charge is 0.307 e. The molecule has 3 aromatic rings. The van der Waals surface area contributed by atoms with Gasteiger partial charge >= 0.3 is 5.97 Å². The first kappa shape index (κ1) is 21.1. The average Bonchev–Trinajstić information content (AvgIpc) is 3.16. The Hall–Kier alpha value is -2.64. The van der Waals surface area contributed by atoms with Crippen LogP contribution in [0.1, 0.15) is 22.7 Å². The molecule has 0 atom stereocenters. The van der Waals surface area contributed by atoms with Crippen molar-refractivity contribution in [2.24, 2.45) is 0 Å². The maximum atomic E-state index is 12.2. The maximum absolute atomic E-state index is 12.2. The lowest BCUT2D eigenvalue weighted by molar-refractivity contribution is -0.144. The number of aryl methyl sites for hydroxylation is 1. The first-order valence-corrected chi connectivity index (χ1v) is 11.1. The Morgan fingerprint density at radius 1 is 1.10 bits per heavy atom. The van der Waals surface area contributed by atoms with Gasteiger partial charge in [-0.1, -0.05) is 36.4 Å². The molecule has 0 bridgehead atoms. The highest BCUT2D eigenvalue weighted by Gasteiger charge is 2.11. The van der Waals surface area contributed by atoms with Crippen LogP contribution in [0.15, 0.2) is 64.9 Å². The van der Waals surface area contributed by atoms with Crippen molar-refractivity contribution in [3.05, 3.63) is 76.2 Å². The molecule has 1 N–H and O–H groups in total. The topological polar surface area (TPSA) is 68.3 Å². The molecule has 1 amide bonds. The Bertz CT molecular complexity index is 957. The van der Waals surface area contributed by atoms with Gasteiger partial charge in [-0.15, -0.1) is 23.1 Å². The van der Waals surface area contributed by atoms with Crippen molar-refractivity contribution in [2.45, 2.75) is 31.3 Å². The van der Waals surface area contributed by atoms with Gasteiger partial charge in [-0.05, 0) is 30.7 Å². The number of nitrogens with zero attached hydrogens (tertiary/aromatic N) is 1. The number of para-hydroxylation sites is 1. The zero-order valence-electron chi connectivity index (χ0n) is 16.1. The summed E-state index contributed by atoms with van der Waals surface area (Å²) < 4.78 is 5.29. The van der Waals surface area contributed by atoms with Crippen LogP contribution < -0.4 is 5.32 Å². The lowest BCUT2D eigenvalue weighted by Gasteiger charge is -2.06. The number of ether oxygens (including phenoxy) is 1. The van der Waals surface area contributed by atoms with Gasteiger partial charge in [-0.2, -0.15) is 0 Å². The van der Waals surface area contributed by atoms with E-state index in [9.17, 15) is 9.59 Å². The molecule has 1 heterocycles. The van der Waals surface area contributed by atoms with E-state index in [1.54, 1.807) is 11.8 Å². The third kappa shape index (κ3) is 7.03. The first-order valence-electron chi connectivity index (χ1n) is 9.22. The minimum absolute atomic E-state index is 0.116. The molecule has 0 aliphatic rings. The van der Waals surface area contributed by atoms with Crippen LogP contribution in [-0.4, -0.2) is 22.6 Å². The van der Waals surface area contributed by atoms with Crippen LogP contribution in [0, 0.1) is 6.92 Å². The van der Waals surface area contributed by atoms with Crippen LogP contribution in [0.25, 0.3) is 0 Å². The van der Waals surface area contributed by atoms with Gasteiger partial charge in [0.2, 0.25) is 5.91 Å². The number of nitrogens with one attached hydrogen (secondary N) is 1. The van der Waals surface area contributed by atoms with Crippen molar-refractivity contribution in [2.75, 3.05) is 11.1 Å². The molecule has 29 heavy (non-hydrogen) atoms. The fraction of sp³-hybridized carbons (Fsp3) is 0.227. The summed E-state index contributed by atoms with van der Waals surface area (Å²) in [4.78, 5) is 29.6. The van der Waals surface area contributed by atoms with Gasteiger partial charge < -0.3 is 10.1 Å². The second-order valence-electron chi connectivity index (χ2n) is 6.34. The largest absolute Gasteiger partial charge is 0.459 e. The van der Waals surface area contributed by atoms with Crippen LogP contribution in [-0.2, 0) is 27.4 Å². The van der Waals surface area contributed by atoms with Crippen molar-refractivity contribution in [3.8, 4) is 0 Å². The number of amides is 1. The summed E-state index contributed by atoms with van der Waals surface area (Å²) in [6.07, 6.45) is 0.538. The van der Waals surface area contributed by atoms with E-state index in [4.69, 9.17) is 4.74 Å². The lowest BCUT2D eigenvalue weighted by Crippen LogP contribution is -2.15. The number of benzene rings is 2. The highest BCUT2D eigenvalue weighted by atomic mass is 32.2. The predicted octanol–water partition coefficient (Wildman–Crippen LogP) is 4.86. The Labute approximate surface area is 178 Å². The maximum Gasteiger partial charge on any atom is 0.307 e. The number of rotatable bonds is 9. The van der Waals surface area contributed by atoms with Gasteiger partial charge in [0.25, 0.3) is 0 Å². The van der Waals surface area contributed by atoms with Crippen molar-refractivity contribution in [1.82, 2.24) is 4.98 Å². The minimum atomic E-state index is -0.250. The van der Waals surface area contributed by atoms with E-state index >= 15 is 0 Å². The number of thiazole rings is 1. The molecular weight excluding hydrogens is 404 g/mol. The van der Waals surface area contributed by atoms with Crippen LogP contribution >= 0.6 is 23.1 Å². The predicted molar refractivity (Wildman–Crippen MR) is 117 cm³/mol. The summed E-state index contributed by atoms with van der Waals surface area (Å²) in [7, 11) is 0. The molecule has 0 spiro atoms. The molecule has 2 aromatic carbocycles. The van der Waals surface area contributed by atoms with Crippen molar-refractivity contribution < 1.29 is 14.3 Å². The van der Waals surface area contributed by atoms with Crippen LogP contribution in [0.4, 0.5) is 5.69 Å². The number of aromatic nitrogens is 1. The highest BCUT2D eigenvalue weighted by Crippen LogP contribution is 2.19. The number of thioether (sulfide) groups is 1. The van der Waals surface area contributed by atoms with E-state index in [-0.39, 0.29) is 24.9 Å². The summed E-state index contributed by atoms with van der Waals surface area (Å²) in [6, 6.07) is 17.6. The van der Waals surface area contributed by atoms with E-state index < -0.39 is 0 Å². The summed E-state index contributed by atoms with van der Waals surface area (Å²) in [5.41, 5.74) is 2.48. The minimum Gasteiger partial charge on any atom is -0.459 e. The van der Waals surface area contributed by atoms with Crippen LogP contribution in [0.3, 0.4) is 0 Å². The van der Waals surface area contributed by atoms with E-state index in [1.165, 1.54) is 11.3 Å². The number of anilines is 1. The Morgan fingerprint density at radius 3 is 2.66 bits per heavy atom. The highest BCUT2D eigenvalue weighted by molar-refractivity contribution is 7.99. The normalized spacial score (nSPS) is 10.5. The monoisotopic (exact) mass is 426 g/mol. The number of carbonyl (C=O) groups excluding carboxylic acids is 2. The van der Waals surface area contributed by atoms with Gasteiger partial charge in [0.15, 0.2) is 0 Å². The molecule has 7 heteroatoms. The van der Waals surface area contributed by atoms with E-state index in [2.05, 4.69) is 10.3 Å². The summed E-state index contributed by atoms with van der Waals surface area (Å²) in [5.74, 6) is 0.306. The summed E-state index contributed by atoms with van der Waals surface area (Å²) >= 11 is 3.02. The molecule has 0 unspecified atom stereocenters. The van der Waals surface area contributed by atoms with Crippen molar-refractivity contribution >= 4 is 40.7 Å². The molecule has 1 aromatic heterocycles. The summed E-state index contributed by atoms with van der Waals surface area (Å²) in [6.45, 7) is 2.08. The van der Waals surface area contributed by atoms with Gasteiger partial charge in [-0.25, -0.2) is 4.98 Å².